The predicted octanol–water partition coefficient (Wildman–Crippen LogP) is 2.74. The minimum Gasteiger partial charge on any atom is -0.484 e. The molecule has 0 aromatic heterocycles. The average molecular weight is 387 g/mol. The van der Waals surface area contributed by atoms with Crippen molar-refractivity contribution in [2.45, 2.75) is 0 Å². The Kier molecular flexibility index (Phi) is 6.85. The molecule has 0 fully saturated rings. The number of hydrogen-bond acceptors (Lipinski definition) is 4. The molecule has 0 saturated carbocycles. The van der Waals surface area contributed by atoms with Crippen molar-refractivity contribution >= 4 is 35.0 Å². The van der Waals surface area contributed by atoms with Gasteiger partial charge in [0.2, 0.25) is 0 Å². The number of rotatable bonds is 6. The van der Waals surface area contributed by atoms with Gasteiger partial charge in [-0.15, -0.1) is 0 Å². The number of amides is 2. The van der Waals surface area contributed by atoms with Gasteiger partial charge in [0.25, 0.3) is 11.8 Å². The Labute approximate surface area is 152 Å². The molecule has 0 heterocycles. The topological polar surface area (TPSA) is 76.7 Å². The highest BCUT2D eigenvalue weighted by Gasteiger charge is 2.08. The third kappa shape index (κ3) is 6.48. The van der Waals surface area contributed by atoms with Gasteiger partial charge >= 0.3 is 0 Å². The maximum atomic E-state index is 13.0. The lowest BCUT2D eigenvalue weighted by Crippen LogP contribution is -2.45. The van der Waals surface area contributed by atoms with Crippen molar-refractivity contribution in [3.8, 4) is 11.5 Å². The summed E-state index contributed by atoms with van der Waals surface area (Å²) in [6.45, 7) is -0.684. The molecule has 2 N–H and O–H groups in total. The lowest BCUT2D eigenvalue weighted by Gasteiger charge is -2.10. The van der Waals surface area contributed by atoms with Gasteiger partial charge in [0, 0.05) is 11.1 Å². The van der Waals surface area contributed by atoms with E-state index < -0.39 is 17.6 Å². The number of nitrogens with one attached hydrogen (secondary N) is 2. The predicted molar refractivity (Wildman–Crippen MR) is 90.1 cm³/mol. The van der Waals surface area contributed by atoms with E-state index in [9.17, 15) is 14.0 Å². The van der Waals surface area contributed by atoms with Crippen molar-refractivity contribution in [3.63, 3.8) is 0 Å². The second kappa shape index (κ2) is 9.10. The van der Waals surface area contributed by atoms with E-state index in [0.717, 1.165) is 6.07 Å². The molecule has 2 amide bonds. The molecule has 25 heavy (non-hydrogen) atoms. The van der Waals surface area contributed by atoms with Crippen LogP contribution in [0.3, 0.4) is 0 Å². The number of ether oxygens (including phenoxy) is 2. The zero-order valence-electron chi connectivity index (χ0n) is 12.7. The highest BCUT2D eigenvalue weighted by Crippen LogP contribution is 2.20. The largest absolute Gasteiger partial charge is 0.484 e. The van der Waals surface area contributed by atoms with E-state index in [4.69, 9.17) is 32.7 Å². The smallest absolute Gasteiger partial charge is 0.276 e. The molecule has 0 unspecified atom stereocenters. The molecule has 0 aliphatic carbocycles. The molecular weight excluding hydrogens is 374 g/mol. The third-order valence-corrected chi connectivity index (χ3v) is 3.33. The van der Waals surface area contributed by atoms with E-state index >= 15 is 0 Å². The fourth-order valence-electron chi connectivity index (χ4n) is 1.61. The van der Waals surface area contributed by atoms with Crippen molar-refractivity contribution in [3.05, 3.63) is 58.3 Å². The summed E-state index contributed by atoms with van der Waals surface area (Å²) in [6.07, 6.45) is 0. The summed E-state index contributed by atoms with van der Waals surface area (Å²) in [5.74, 6) is -1.08. The molecule has 132 valence electrons. The van der Waals surface area contributed by atoms with E-state index in [1.165, 1.54) is 12.1 Å². The van der Waals surface area contributed by atoms with Gasteiger partial charge in [-0.05, 0) is 36.4 Å². The highest BCUT2D eigenvalue weighted by molar-refractivity contribution is 6.31. The first-order valence-electron chi connectivity index (χ1n) is 6.98. The van der Waals surface area contributed by atoms with E-state index in [-0.39, 0.29) is 24.0 Å². The number of halogens is 3. The number of carbonyl (C=O) groups is 2. The van der Waals surface area contributed by atoms with Crippen LogP contribution in [0.2, 0.25) is 10.0 Å². The second-order valence-corrected chi connectivity index (χ2v) is 5.55. The van der Waals surface area contributed by atoms with Gasteiger partial charge in [0.15, 0.2) is 13.2 Å². The Morgan fingerprint density at radius 3 is 1.96 bits per heavy atom. The van der Waals surface area contributed by atoms with Crippen LogP contribution in [0.25, 0.3) is 0 Å². The first kappa shape index (κ1) is 18.8. The van der Waals surface area contributed by atoms with Crippen molar-refractivity contribution in [1.82, 2.24) is 10.9 Å². The lowest BCUT2D eigenvalue weighted by atomic mass is 10.3. The quantitative estimate of drug-likeness (QED) is 0.748. The van der Waals surface area contributed by atoms with Crippen LogP contribution in [0, 0.1) is 5.82 Å². The summed E-state index contributed by atoms with van der Waals surface area (Å²) in [5, 5.41) is 0.428. The molecule has 0 aliphatic rings. The SMILES string of the molecule is O=C(COc1ccc(Cl)cc1)NNC(=O)COc1ccc(F)c(Cl)c1. The van der Waals surface area contributed by atoms with Gasteiger partial charge in [0.05, 0.1) is 5.02 Å². The molecule has 0 saturated heterocycles. The summed E-state index contributed by atoms with van der Waals surface area (Å²) >= 11 is 11.3. The van der Waals surface area contributed by atoms with E-state index in [1.807, 2.05) is 0 Å². The highest BCUT2D eigenvalue weighted by atomic mass is 35.5. The number of hydrazine groups is 1. The van der Waals surface area contributed by atoms with Crippen LogP contribution in [0.15, 0.2) is 42.5 Å². The fraction of sp³-hybridized carbons (Fsp3) is 0.125. The average Bonchev–Trinajstić information content (AvgIpc) is 2.60. The van der Waals surface area contributed by atoms with Crippen LogP contribution in [0.5, 0.6) is 11.5 Å². The lowest BCUT2D eigenvalue weighted by molar-refractivity contribution is -0.131. The van der Waals surface area contributed by atoms with Crippen LogP contribution in [0.1, 0.15) is 0 Å². The Morgan fingerprint density at radius 1 is 0.880 bits per heavy atom. The minimum absolute atomic E-state index is 0.120. The molecule has 0 atom stereocenters. The Balaban J connectivity index is 1.67. The van der Waals surface area contributed by atoms with Crippen LogP contribution < -0.4 is 20.3 Å². The summed E-state index contributed by atoms with van der Waals surface area (Å²) < 4.78 is 23.3. The van der Waals surface area contributed by atoms with Crippen molar-refractivity contribution in [2.24, 2.45) is 0 Å². The normalized spacial score (nSPS) is 10.0. The minimum atomic E-state index is -0.611. The number of hydrogen-bond donors (Lipinski definition) is 2. The summed E-state index contributed by atoms with van der Waals surface area (Å²) in [7, 11) is 0. The van der Waals surface area contributed by atoms with E-state index in [0.29, 0.717) is 10.8 Å². The molecular formula is C16H13Cl2FN2O4. The molecule has 0 radical (unpaired) electrons. The first-order chi connectivity index (χ1) is 11.9. The van der Waals surface area contributed by atoms with Gasteiger partial charge < -0.3 is 9.47 Å². The van der Waals surface area contributed by atoms with Gasteiger partial charge in [-0.2, -0.15) is 0 Å². The maximum Gasteiger partial charge on any atom is 0.276 e. The summed E-state index contributed by atoms with van der Waals surface area (Å²) in [5.41, 5.74) is 4.32. The molecule has 0 aliphatic heterocycles. The standard InChI is InChI=1S/C16H13Cl2FN2O4/c17-10-1-3-11(4-2-10)24-8-15(22)20-21-16(23)9-25-12-5-6-14(19)13(18)7-12/h1-7H,8-9H2,(H,20,22)(H,21,23). The van der Waals surface area contributed by atoms with Crippen LogP contribution >= 0.6 is 23.2 Å². The van der Waals surface area contributed by atoms with Gasteiger partial charge in [-0.25, -0.2) is 4.39 Å². The fourth-order valence-corrected chi connectivity index (χ4v) is 1.90. The molecule has 0 spiro atoms. The van der Waals surface area contributed by atoms with Gasteiger partial charge in [-0.3, -0.25) is 20.4 Å². The van der Waals surface area contributed by atoms with Crippen molar-refractivity contribution in [2.75, 3.05) is 13.2 Å². The van der Waals surface area contributed by atoms with Crippen LogP contribution in [0.4, 0.5) is 4.39 Å². The Hall–Kier alpha value is -2.51. The maximum absolute atomic E-state index is 13.0. The molecule has 2 rings (SSSR count). The summed E-state index contributed by atoms with van der Waals surface area (Å²) in [6, 6.07) is 10.1. The Bertz CT molecular complexity index is 756. The van der Waals surface area contributed by atoms with Crippen LogP contribution in [-0.2, 0) is 9.59 Å². The molecule has 0 bridgehead atoms. The van der Waals surface area contributed by atoms with Crippen LogP contribution in [-0.4, -0.2) is 25.0 Å². The zero-order chi connectivity index (χ0) is 18.2. The van der Waals surface area contributed by atoms with Crippen molar-refractivity contribution < 1.29 is 23.5 Å². The molecule has 6 nitrogen and oxygen atoms in total. The first-order valence-corrected chi connectivity index (χ1v) is 7.73. The van der Waals surface area contributed by atoms with E-state index in [2.05, 4.69) is 10.9 Å². The molecule has 9 heteroatoms. The summed E-state index contributed by atoms with van der Waals surface area (Å²) in [4.78, 5) is 23.1. The zero-order valence-corrected chi connectivity index (χ0v) is 14.2. The van der Waals surface area contributed by atoms with Gasteiger partial charge in [-0.1, -0.05) is 23.2 Å². The third-order valence-electron chi connectivity index (χ3n) is 2.79. The van der Waals surface area contributed by atoms with Gasteiger partial charge in [0.1, 0.15) is 17.3 Å². The number of carbonyl (C=O) groups excluding carboxylic acids is 2. The molecule has 2 aromatic rings. The van der Waals surface area contributed by atoms with Crippen molar-refractivity contribution in [1.29, 1.82) is 0 Å². The monoisotopic (exact) mass is 386 g/mol. The molecule has 2 aromatic carbocycles. The Morgan fingerprint density at radius 2 is 1.40 bits per heavy atom. The van der Waals surface area contributed by atoms with E-state index in [1.54, 1.807) is 24.3 Å². The second-order valence-electron chi connectivity index (χ2n) is 4.70. The number of benzene rings is 2.